The minimum absolute atomic E-state index is 0.106. The molecule has 1 fully saturated rings. The fourth-order valence-corrected chi connectivity index (χ4v) is 2.72. The number of carbonyl (C=O) groups is 3. The molecule has 1 heterocycles. The Labute approximate surface area is 142 Å². The first-order valence-corrected chi connectivity index (χ1v) is 8.30. The van der Waals surface area contributed by atoms with E-state index in [1.54, 1.807) is 0 Å². The van der Waals surface area contributed by atoms with Crippen molar-refractivity contribution in [2.45, 2.75) is 39.2 Å². The molecular weight excluding hydrogens is 308 g/mol. The van der Waals surface area contributed by atoms with Crippen LogP contribution in [0.15, 0.2) is 24.3 Å². The third-order valence-electron chi connectivity index (χ3n) is 4.08. The first-order chi connectivity index (χ1) is 11.5. The minimum atomic E-state index is -0.792. The van der Waals surface area contributed by atoms with Crippen LogP contribution in [0.4, 0.5) is 0 Å². The number of esters is 1. The first-order valence-electron chi connectivity index (χ1n) is 8.30. The molecule has 130 valence electrons. The Morgan fingerprint density at radius 3 is 2.79 bits per heavy atom. The highest BCUT2D eigenvalue weighted by molar-refractivity contribution is 5.92. The Hall–Kier alpha value is -2.37. The summed E-state index contributed by atoms with van der Waals surface area (Å²) >= 11 is 0. The van der Waals surface area contributed by atoms with Gasteiger partial charge in [0.2, 0.25) is 11.8 Å². The fourth-order valence-electron chi connectivity index (χ4n) is 2.72. The molecule has 1 atom stereocenters. The SMILES string of the molecule is CCCOC(=O)CC1C(=O)NCCN1C(=O)Cc1ccccc1C. The van der Waals surface area contributed by atoms with Gasteiger partial charge < -0.3 is 15.0 Å². The smallest absolute Gasteiger partial charge is 0.308 e. The molecule has 1 N–H and O–H groups in total. The largest absolute Gasteiger partial charge is 0.466 e. The summed E-state index contributed by atoms with van der Waals surface area (Å²) in [6, 6.07) is 6.87. The maximum absolute atomic E-state index is 12.7. The summed E-state index contributed by atoms with van der Waals surface area (Å²) in [7, 11) is 0. The lowest BCUT2D eigenvalue weighted by molar-refractivity contribution is -0.151. The number of carbonyl (C=O) groups excluding carboxylic acids is 3. The average Bonchev–Trinajstić information content (AvgIpc) is 2.56. The number of nitrogens with one attached hydrogen (secondary N) is 1. The van der Waals surface area contributed by atoms with Crippen LogP contribution < -0.4 is 5.32 Å². The van der Waals surface area contributed by atoms with E-state index < -0.39 is 12.0 Å². The topological polar surface area (TPSA) is 75.7 Å². The van der Waals surface area contributed by atoms with E-state index in [1.165, 1.54) is 4.90 Å². The maximum Gasteiger partial charge on any atom is 0.308 e. The zero-order chi connectivity index (χ0) is 17.5. The third kappa shape index (κ3) is 4.57. The summed E-state index contributed by atoms with van der Waals surface area (Å²) in [5, 5.41) is 2.71. The summed E-state index contributed by atoms with van der Waals surface area (Å²) in [5.74, 6) is -0.895. The predicted molar refractivity (Wildman–Crippen MR) is 89.3 cm³/mol. The van der Waals surface area contributed by atoms with Gasteiger partial charge in [0.15, 0.2) is 0 Å². The van der Waals surface area contributed by atoms with Crippen LogP contribution in [0.2, 0.25) is 0 Å². The second kappa shape index (κ2) is 8.47. The normalized spacial score (nSPS) is 17.3. The Balaban J connectivity index is 2.07. The molecule has 0 radical (unpaired) electrons. The lowest BCUT2D eigenvalue weighted by Gasteiger charge is -2.34. The van der Waals surface area contributed by atoms with Gasteiger partial charge in [-0.25, -0.2) is 0 Å². The van der Waals surface area contributed by atoms with Crippen molar-refractivity contribution < 1.29 is 19.1 Å². The van der Waals surface area contributed by atoms with Crippen molar-refractivity contribution in [1.29, 1.82) is 0 Å². The lowest BCUT2D eigenvalue weighted by atomic mass is 10.0. The number of aryl methyl sites for hydroxylation is 1. The van der Waals surface area contributed by atoms with E-state index in [1.807, 2.05) is 38.1 Å². The van der Waals surface area contributed by atoms with Crippen molar-refractivity contribution in [3.05, 3.63) is 35.4 Å². The molecule has 1 aromatic rings. The molecule has 2 amide bonds. The molecule has 1 aromatic carbocycles. The minimum Gasteiger partial charge on any atom is -0.466 e. The van der Waals surface area contributed by atoms with Gasteiger partial charge in [-0.05, 0) is 24.5 Å². The number of hydrogen-bond acceptors (Lipinski definition) is 4. The molecule has 2 rings (SSSR count). The Kier molecular flexibility index (Phi) is 6.35. The molecule has 1 unspecified atom stereocenters. The van der Waals surface area contributed by atoms with Crippen LogP contribution in [-0.4, -0.2) is 48.4 Å². The first kappa shape index (κ1) is 18.0. The summed E-state index contributed by atoms with van der Waals surface area (Å²) < 4.78 is 5.05. The van der Waals surface area contributed by atoms with Crippen LogP contribution in [-0.2, 0) is 25.5 Å². The molecule has 0 aromatic heterocycles. The number of ether oxygens (including phenoxy) is 1. The van der Waals surface area contributed by atoms with E-state index in [9.17, 15) is 14.4 Å². The lowest BCUT2D eigenvalue weighted by Crippen LogP contribution is -2.58. The van der Waals surface area contributed by atoms with Gasteiger partial charge in [0, 0.05) is 13.1 Å². The number of hydrogen-bond donors (Lipinski definition) is 1. The van der Waals surface area contributed by atoms with Crippen LogP contribution >= 0.6 is 0 Å². The molecule has 24 heavy (non-hydrogen) atoms. The van der Waals surface area contributed by atoms with Gasteiger partial charge in [-0.2, -0.15) is 0 Å². The van der Waals surface area contributed by atoms with Crippen molar-refractivity contribution in [1.82, 2.24) is 10.2 Å². The third-order valence-corrected chi connectivity index (χ3v) is 4.08. The van der Waals surface area contributed by atoms with Gasteiger partial charge in [0.25, 0.3) is 0 Å². The molecule has 0 aliphatic carbocycles. The highest BCUT2D eigenvalue weighted by Crippen LogP contribution is 2.15. The monoisotopic (exact) mass is 332 g/mol. The van der Waals surface area contributed by atoms with Crippen LogP contribution in [0, 0.1) is 6.92 Å². The molecular formula is C18H24N2O4. The van der Waals surface area contributed by atoms with E-state index in [0.717, 1.165) is 17.5 Å². The number of nitrogens with zero attached hydrogens (tertiary/aromatic N) is 1. The summed E-state index contributed by atoms with van der Waals surface area (Å²) in [5.41, 5.74) is 1.96. The molecule has 0 saturated carbocycles. The van der Waals surface area contributed by atoms with E-state index in [0.29, 0.717) is 19.7 Å². The van der Waals surface area contributed by atoms with Crippen LogP contribution in [0.25, 0.3) is 0 Å². The predicted octanol–water partition coefficient (Wildman–Crippen LogP) is 1.21. The second-order valence-electron chi connectivity index (χ2n) is 5.92. The van der Waals surface area contributed by atoms with E-state index in [-0.39, 0.29) is 24.7 Å². The second-order valence-corrected chi connectivity index (χ2v) is 5.92. The van der Waals surface area contributed by atoms with Gasteiger partial charge in [-0.15, -0.1) is 0 Å². The van der Waals surface area contributed by atoms with Gasteiger partial charge in [0.05, 0.1) is 19.4 Å². The van der Waals surface area contributed by atoms with Crippen molar-refractivity contribution in [2.24, 2.45) is 0 Å². The molecule has 1 aliphatic heterocycles. The van der Waals surface area contributed by atoms with Gasteiger partial charge in [-0.3, -0.25) is 14.4 Å². The Morgan fingerprint density at radius 1 is 1.33 bits per heavy atom. The van der Waals surface area contributed by atoms with Crippen molar-refractivity contribution >= 4 is 17.8 Å². The highest BCUT2D eigenvalue weighted by atomic mass is 16.5. The summed E-state index contributed by atoms with van der Waals surface area (Å²) in [6.45, 7) is 4.98. The standard InChI is InChI=1S/C18H24N2O4/c1-3-10-24-17(22)12-15-18(23)19-8-9-20(15)16(21)11-14-7-5-4-6-13(14)2/h4-7,15H,3,8-12H2,1-2H3,(H,19,23). The number of piperazine rings is 1. The zero-order valence-corrected chi connectivity index (χ0v) is 14.2. The molecule has 0 spiro atoms. The summed E-state index contributed by atoms with van der Waals surface area (Å²) in [6.07, 6.45) is 0.838. The Bertz CT molecular complexity index is 615. The highest BCUT2D eigenvalue weighted by Gasteiger charge is 2.35. The quantitative estimate of drug-likeness (QED) is 0.795. The number of rotatable bonds is 6. The van der Waals surface area contributed by atoms with E-state index in [2.05, 4.69) is 5.32 Å². The van der Waals surface area contributed by atoms with Gasteiger partial charge in [-0.1, -0.05) is 31.2 Å². The molecule has 1 aliphatic rings. The van der Waals surface area contributed by atoms with E-state index in [4.69, 9.17) is 4.74 Å². The van der Waals surface area contributed by atoms with Crippen molar-refractivity contribution in [3.8, 4) is 0 Å². The van der Waals surface area contributed by atoms with Crippen LogP contribution in [0.5, 0.6) is 0 Å². The van der Waals surface area contributed by atoms with Crippen LogP contribution in [0.3, 0.4) is 0 Å². The molecule has 6 nitrogen and oxygen atoms in total. The Morgan fingerprint density at radius 2 is 2.08 bits per heavy atom. The average molecular weight is 332 g/mol. The summed E-state index contributed by atoms with van der Waals surface area (Å²) in [4.78, 5) is 38.1. The number of benzene rings is 1. The van der Waals surface area contributed by atoms with E-state index >= 15 is 0 Å². The van der Waals surface area contributed by atoms with Gasteiger partial charge >= 0.3 is 5.97 Å². The molecule has 0 bridgehead atoms. The van der Waals surface area contributed by atoms with Gasteiger partial charge in [0.1, 0.15) is 6.04 Å². The fraction of sp³-hybridized carbons (Fsp3) is 0.500. The van der Waals surface area contributed by atoms with Crippen molar-refractivity contribution in [2.75, 3.05) is 19.7 Å². The molecule has 1 saturated heterocycles. The zero-order valence-electron chi connectivity index (χ0n) is 14.2. The molecule has 6 heteroatoms. The van der Waals surface area contributed by atoms with Crippen LogP contribution in [0.1, 0.15) is 30.9 Å². The van der Waals surface area contributed by atoms with Crippen molar-refractivity contribution in [3.63, 3.8) is 0 Å². The number of amides is 2. The maximum atomic E-state index is 12.7.